The van der Waals surface area contributed by atoms with Crippen LogP contribution in [0, 0.1) is 26.6 Å². The summed E-state index contributed by atoms with van der Waals surface area (Å²) in [5, 5.41) is 4.10. The van der Waals surface area contributed by atoms with E-state index in [9.17, 15) is 4.39 Å². The van der Waals surface area contributed by atoms with E-state index in [1.807, 2.05) is 38.4 Å². The fourth-order valence-electron chi connectivity index (χ4n) is 5.11. The number of hydrogen-bond donors (Lipinski definition) is 1. The first kappa shape index (κ1) is 24.0. The SMILES string of the molecule is Cc1cc(N2C(=S)N[C@H](c3ccccn3)[C@H]2c2cc(C)n(-c3ccc(N(C)C)cc3)c2C)ccc1F. The zero-order valence-corrected chi connectivity index (χ0v) is 22.0. The van der Waals surface area contributed by atoms with Gasteiger partial charge in [0, 0.05) is 48.7 Å². The molecular weight excluding hydrogens is 469 g/mol. The van der Waals surface area contributed by atoms with Gasteiger partial charge < -0.3 is 19.7 Å². The zero-order chi connectivity index (χ0) is 25.6. The van der Waals surface area contributed by atoms with Crippen molar-refractivity contribution >= 4 is 28.7 Å². The van der Waals surface area contributed by atoms with Crippen LogP contribution in [0.3, 0.4) is 0 Å². The number of rotatable bonds is 5. The van der Waals surface area contributed by atoms with Crippen molar-refractivity contribution in [2.24, 2.45) is 0 Å². The minimum Gasteiger partial charge on any atom is -0.378 e. The second-order valence-corrected chi connectivity index (χ2v) is 9.89. The number of nitrogens with zero attached hydrogens (tertiary/aromatic N) is 4. The highest BCUT2D eigenvalue weighted by atomic mass is 32.1. The number of thiocarbonyl (C=S) groups is 1. The molecule has 0 saturated carbocycles. The van der Waals surface area contributed by atoms with Crippen molar-refractivity contribution in [3.63, 3.8) is 0 Å². The summed E-state index contributed by atoms with van der Waals surface area (Å²) in [6.45, 7) is 6.05. The van der Waals surface area contributed by atoms with Crippen LogP contribution in [0.2, 0.25) is 0 Å². The Balaban J connectivity index is 1.65. The monoisotopic (exact) mass is 499 g/mol. The fourth-order valence-corrected chi connectivity index (χ4v) is 5.46. The molecule has 2 aromatic heterocycles. The minimum absolute atomic E-state index is 0.154. The number of halogens is 1. The van der Waals surface area contributed by atoms with E-state index in [2.05, 4.69) is 68.8 Å². The molecule has 1 aliphatic rings. The molecule has 0 bridgehead atoms. The molecule has 2 atom stereocenters. The molecule has 0 aliphatic carbocycles. The zero-order valence-electron chi connectivity index (χ0n) is 21.2. The first-order valence-electron chi connectivity index (χ1n) is 12.0. The molecule has 0 radical (unpaired) electrons. The summed E-state index contributed by atoms with van der Waals surface area (Å²) in [4.78, 5) is 8.85. The lowest BCUT2D eigenvalue weighted by molar-refractivity contribution is 0.564. The molecule has 3 heterocycles. The van der Waals surface area contributed by atoms with Gasteiger partial charge in [-0.15, -0.1) is 0 Å². The van der Waals surface area contributed by atoms with Crippen LogP contribution in [0.4, 0.5) is 15.8 Å². The van der Waals surface area contributed by atoms with Crippen LogP contribution in [-0.4, -0.2) is 28.8 Å². The van der Waals surface area contributed by atoms with E-state index in [1.54, 1.807) is 19.2 Å². The Morgan fingerprint density at radius 1 is 0.944 bits per heavy atom. The van der Waals surface area contributed by atoms with E-state index in [-0.39, 0.29) is 17.9 Å². The predicted octanol–water partition coefficient (Wildman–Crippen LogP) is 6.18. The standard InChI is InChI=1S/C29H30FN5S/c1-18-16-23(13-14-25(18)30)35-28(27(32-29(35)36)26-8-6-7-15-31-26)24-17-19(2)34(20(24)3)22-11-9-21(10-12-22)33(4)5/h6-17,27-28H,1-5H3,(H,32,36)/t27-,28-/m1/s1. The van der Waals surface area contributed by atoms with Crippen LogP contribution in [0.15, 0.2) is 72.9 Å². The molecule has 0 amide bonds. The van der Waals surface area contributed by atoms with Crippen molar-refractivity contribution in [3.8, 4) is 5.69 Å². The number of pyridine rings is 1. The lowest BCUT2D eigenvalue weighted by Gasteiger charge is -2.28. The number of hydrogen-bond acceptors (Lipinski definition) is 3. The molecule has 4 aromatic rings. The molecule has 184 valence electrons. The van der Waals surface area contributed by atoms with Gasteiger partial charge in [-0.1, -0.05) is 6.07 Å². The molecule has 0 spiro atoms. The van der Waals surface area contributed by atoms with Crippen LogP contribution >= 0.6 is 12.2 Å². The second-order valence-electron chi connectivity index (χ2n) is 9.50. The Bertz CT molecular complexity index is 1410. The third kappa shape index (κ3) is 4.13. The average Bonchev–Trinajstić information content (AvgIpc) is 3.36. The maximum Gasteiger partial charge on any atom is 0.174 e. The van der Waals surface area contributed by atoms with E-state index in [0.29, 0.717) is 10.7 Å². The third-order valence-corrected chi connectivity index (χ3v) is 7.25. The van der Waals surface area contributed by atoms with Gasteiger partial charge in [0.25, 0.3) is 0 Å². The Hall–Kier alpha value is -3.71. The highest BCUT2D eigenvalue weighted by molar-refractivity contribution is 7.80. The summed E-state index contributed by atoms with van der Waals surface area (Å²) in [5.74, 6) is -0.228. The highest BCUT2D eigenvalue weighted by Gasteiger charge is 2.42. The van der Waals surface area contributed by atoms with E-state index in [4.69, 9.17) is 12.2 Å². The van der Waals surface area contributed by atoms with E-state index in [0.717, 1.165) is 39.7 Å². The summed E-state index contributed by atoms with van der Waals surface area (Å²) in [5.41, 5.74) is 8.02. The summed E-state index contributed by atoms with van der Waals surface area (Å²) in [7, 11) is 4.08. The molecule has 1 N–H and O–H groups in total. The van der Waals surface area contributed by atoms with Gasteiger partial charge in [0.15, 0.2) is 5.11 Å². The van der Waals surface area contributed by atoms with Crippen LogP contribution in [0.1, 0.15) is 40.3 Å². The molecule has 5 rings (SSSR count). The molecule has 1 fully saturated rings. The van der Waals surface area contributed by atoms with Crippen molar-refractivity contribution in [3.05, 3.63) is 107 Å². The molecule has 5 nitrogen and oxygen atoms in total. The summed E-state index contributed by atoms with van der Waals surface area (Å²) < 4.78 is 16.4. The normalized spacial score (nSPS) is 17.4. The smallest absolute Gasteiger partial charge is 0.174 e. The van der Waals surface area contributed by atoms with Gasteiger partial charge in [-0.25, -0.2) is 4.39 Å². The summed E-state index contributed by atoms with van der Waals surface area (Å²) in [6, 6.07) is 21.6. The van der Waals surface area contributed by atoms with Gasteiger partial charge in [0.05, 0.1) is 17.8 Å². The molecule has 36 heavy (non-hydrogen) atoms. The molecule has 2 aromatic carbocycles. The van der Waals surface area contributed by atoms with Gasteiger partial charge >= 0.3 is 0 Å². The van der Waals surface area contributed by atoms with Crippen LogP contribution in [-0.2, 0) is 0 Å². The molecule has 1 aliphatic heterocycles. The second kappa shape index (κ2) is 9.39. The van der Waals surface area contributed by atoms with Crippen LogP contribution in [0.5, 0.6) is 0 Å². The molecule has 7 heteroatoms. The largest absolute Gasteiger partial charge is 0.378 e. The van der Waals surface area contributed by atoms with Crippen molar-refractivity contribution in [1.82, 2.24) is 14.9 Å². The van der Waals surface area contributed by atoms with Gasteiger partial charge in [0.2, 0.25) is 0 Å². The lowest BCUT2D eigenvalue weighted by atomic mass is 9.96. The number of aromatic nitrogens is 2. The highest BCUT2D eigenvalue weighted by Crippen LogP contribution is 2.44. The number of anilines is 2. The first-order chi connectivity index (χ1) is 17.3. The number of aryl methyl sites for hydroxylation is 2. The summed E-state index contributed by atoms with van der Waals surface area (Å²) >= 11 is 5.85. The number of nitrogens with one attached hydrogen (secondary N) is 1. The Morgan fingerprint density at radius 2 is 1.67 bits per heavy atom. The van der Waals surface area contributed by atoms with Gasteiger partial charge in [-0.05, 0) is 105 Å². The average molecular weight is 500 g/mol. The minimum atomic E-state index is -0.228. The maximum absolute atomic E-state index is 14.1. The van der Waals surface area contributed by atoms with Crippen LogP contribution < -0.4 is 15.1 Å². The summed E-state index contributed by atoms with van der Waals surface area (Å²) in [6.07, 6.45) is 1.80. The van der Waals surface area contributed by atoms with Gasteiger partial charge in [0.1, 0.15) is 5.82 Å². The Labute approximate surface area is 217 Å². The quantitative estimate of drug-likeness (QED) is 0.332. The fraction of sp³-hybridized carbons (Fsp3) is 0.241. The topological polar surface area (TPSA) is 36.3 Å². The lowest BCUT2D eigenvalue weighted by Crippen LogP contribution is -2.29. The Morgan fingerprint density at radius 3 is 2.31 bits per heavy atom. The van der Waals surface area contributed by atoms with E-state index in [1.165, 1.54) is 6.07 Å². The predicted molar refractivity (Wildman–Crippen MR) is 149 cm³/mol. The van der Waals surface area contributed by atoms with Crippen molar-refractivity contribution < 1.29 is 4.39 Å². The molecule has 0 unspecified atom stereocenters. The van der Waals surface area contributed by atoms with Crippen molar-refractivity contribution in [2.45, 2.75) is 32.9 Å². The number of benzene rings is 2. The molecule has 1 saturated heterocycles. The third-order valence-electron chi connectivity index (χ3n) is 6.93. The maximum atomic E-state index is 14.1. The van der Waals surface area contributed by atoms with Crippen molar-refractivity contribution in [2.75, 3.05) is 23.9 Å². The van der Waals surface area contributed by atoms with Crippen molar-refractivity contribution in [1.29, 1.82) is 0 Å². The molecular formula is C29H30FN5S. The van der Waals surface area contributed by atoms with E-state index >= 15 is 0 Å². The van der Waals surface area contributed by atoms with E-state index < -0.39 is 0 Å². The first-order valence-corrected chi connectivity index (χ1v) is 12.4. The van der Waals surface area contributed by atoms with Crippen LogP contribution in [0.25, 0.3) is 5.69 Å². The Kier molecular flexibility index (Phi) is 6.26. The van der Waals surface area contributed by atoms with Gasteiger partial charge in [-0.3, -0.25) is 4.98 Å². The van der Waals surface area contributed by atoms with Gasteiger partial charge in [-0.2, -0.15) is 0 Å².